The lowest BCUT2D eigenvalue weighted by atomic mass is 10.0. The smallest absolute Gasteiger partial charge is 0.337 e. The minimum absolute atomic E-state index is 0.00472. The van der Waals surface area contributed by atoms with Gasteiger partial charge in [-0.3, -0.25) is 60.9 Å². The first kappa shape index (κ1) is 92.0. The molecule has 0 saturated heterocycles. The zero-order chi connectivity index (χ0) is 94.4. The van der Waals surface area contributed by atoms with Crippen molar-refractivity contribution in [1.29, 1.82) is 0 Å². The van der Waals surface area contributed by atoms with E-state index in [1.165, 1.54) is 102 Å². The van der Waals surface area contributed by atoms with E-state index in [2.05, 4.69) is 49.5 Å². The molecular weight excluding hydrogens is 1740 g/mol. The van der Waals surface area contributed by atoms with Crippen LogP contribution in [0.5, 0.6) is 11.5 Å². The van der Waals surface area contributed by atoms with Crippen molar-refractivity contribution < 1.29 is 32.2 Å². The van der Waals surface area contributed by atoms with Crippen LogP contribution in [0, 0.1) is 24.4 Å². The van der Waals surface area contributed by atoms with Gasteiger partial charge in [-0.15, -0.1) is 0 Å². The molecule has 8 heterocycles. The summed E-state index contributed by atoms with van der Waals surface area (Å²) in [7, 11) is 4.79. The van der Waals surface area contributed by atoms with E-state index in [9.17, 15) is 61.1 Å². The lowest BCUT2D eigenvalue weighted by Crippen LogP contribution is -2.43. The summed E-state index contributed by atoms with van der Waals surface area (Å²) in [5, 5.41) is 10.3. The highest BCUT2D eigenvalue weighted by atomic mass is 35.5. The quantitative estimate of drug-likeness (QED) is 0.0537. The standard InChI is InChI=1S/C28H24ClFN4O2.C27H24N4O4.C23H20FN5O3.C22H20FN5O3/c1-18(2)20-9-13-23(14-10-20)34-26-25(32(17-31-26)16-21-5-3-4-6-24(21)29)27(35)33(28(34)36)15-19-7-11-22(30)12-8-19;1-34-21-12-8-11-20(15-21)16-29-18-28-25-24(29)26(32)30(17-19-9-4-3-5-10-19)27(33)31(25)22-13-6-7-14-23(22)35-2;1-15-2-4-16(5-3-15)12-27-19(30)14-28-21-20(25-10-11-26-21)22(31)29(23(28)32)13-17-6-8-18(24)9-7-17;1-26-13-18-20(25-26)21(30)28(12-16-7-9-17(23)10-8-16)22(31)27(18)14-19(29)24-11-15-5-3-2-4-6-15/h3-14,17-18H,15-16H2,1-2H3;3-15,18H,16-17H2,1-2H3;2-11H,12-14H2,1H3,(H,27,30);2-10,13H,11-12,14H2,1H3,(H,24,29). The van der Waals surface area contributed by atoms with Crippen molar-refractivity contribution in [3.8, 4) is 22.9 Å². The van der Waals surface area contributed by atoms with Gasteiger partial charge in [0.2, 0.25) is 11.8 Å². The number of carbonyl (C=O) groups is 2. The monoisotopic (exact) mass is 1820 g/mol. The minimum Gasteiger partial charge on any atom is -0.497 e. The van der Waals surface area contributed by atoms with E-state index in [0.29, 0.717) is 76.5 Å². The van der Waals surface area contributed by atoms with E-state index in [-0.39, 0.29) is 90.0 Å². The van der Waals surface area contributed by atoms with Gasteiger partial charge in [-0.2, -0.15) is 5.10 Å². The number of carbonyl (C=O) groups excluding carboxylic acids is 2. The van der Waals surface area contributed by atoms with E-state index in [0.717, 1.165) is 63.0 Å². The largest absolute Gasteiger partial charge is 0.497 e. The maximum atomic E-state index is 13.7. The summed E-state index contributed by atoms with van der Waals surface area (Å²) in [5.74, 6) is -0.450. The van der Waals surface area contributed by atoms with Crippen LogP contribution in [-0.4, -0.2) is 101 Å². The number of benzene rings is 10. The number of imidazole rings is 2. The van der Waals surface area contributed by atoms with Crippen LogP contribution < -0.4 is 65.1 Å². The molecule has 0 fully saturated rings. The van der Waals surface area contributed by atoms with E-state index in [1.54, 1.807) is 73.4 Å². The van der Waals surface area contributed by atoms with Gasteiger partial charge < -0.3 is 29.2 Å². The molecule has 0 bridgehead atoms. The molecule has 0 aliphatic rings. The number of amides is 2. The Hall–Kier alpha value is -16.7. The molecule has 8 aromatic heterocycles. The second kappa shape index (κ2) is 41.4. The van der Waals surface area contributed by atoms with Crippen molar-refractivity contribution in [3.05, 3.63) is 447 Å². The van der Waals surface area contributed by atoms with Crippen molar-refractivity contribution in [2.24, 2.45) is 7.05 Å². The maximum Gasteiger partial charge on any atom is 0.337 e. The Bertz CT molecular complexity index is 7890. The molecule has 0 unspecified atom stereocenters. The first-order valence-corrected chi connectivity index (χ1v) is 42.7. The second-order valence-corrected chi connectivity index (χ2v) is 32.1. The number of methoxy groups -OCH3 is 2. The van der Waals surface area contributed by atoms with Gasteiger partial charge in [0, 0.05) is 50.3 Å². The number of halogens is 4. The second-order valence-electron chi connectivity index (χ2n) is 31.6. The third-order valence-corrected chi connectivity index (χ3v) is 22.4. The molecule has 0 aliphatic carbocycles. The van der Waals surface area contributed by atoms with E-state index in [4.69, 9.17) is 21.1 Å². The van der Waals surface area contributed by atoms with Crippen LogP contribution in [0.3, 0.4) is 0 Å². The molecule has 0 aliphatic heterocycles. The van der Waals surface area contributed by atoms with E-state index in [1.807, 2.05) is 171 Å². The fourth-order valence-electron chi connectivity index (χ4n) is 15.1. The maximum absolute atomic E-state index is 13.7. The first-order chi connectivity index (χ1) is 64.8. The molecule has 0 saturated carbocycles. The Kier molecular flexibility index (Phi) is 28.4. The lowest BCUT2D eigenvalue weighted by molar-refractivity contribution is -0.122. The number of nitrogens with zero attached hydrogens (tertiary/aromatic N) is 16. The molecule has 0 spiro atoms. The van der Waals surface area contributed by atoms with Gasteiger partial charge in [0.05, 0.1) is 76.5 Å². The summed E-state index contributed by atoms with van der Waals surface area (Å²) in [6, 6.07) is 73.1. The molecule has 134 heavy (non-hydrogen) atoms. The molecular formula is C100H88ClF3N18O12. The van der Waals surface area contributed by atoms with E-state index >= 15 is 0 Å². The fourth-order valence-corrected chi connectivity index (χ4v) is 15.3. The normalized spacial score (nSPS) is 11.1. The van der Waals surface area contributed by atoms with Crippen LogP contribution >= 0.6 is 11.6 Å². The molecule has 18 aromatic rings. The Morgan fingerprint density at radius 2 is 0.873 bits per heavy atom. The summed E-state index contributed by atoms with van der Waals surface area (Å²) >= 11 is 6.37. The number of aryl methyl sites for hydroxylation is 2. The Morgan fingerprint density at radius 3 is 1.43 bits per heavy atom. The zero-order valence-corrected chi connectivity index (χ0v) is 74.1. The molecule has 0 radical (unpaired) electrons. The Morgan fingerprint density at radius 1 is 0.418 bits per heavy atom. The van der Waals surface area contributed by atoms with Gasteiger partial charge in [0.1, 0.15) is 42.0 Å². The average Bonchev–Trinajstić information content (AvgIpc) is 1.56. The van der Waals surface area contributed by atoms with Crippen molar-refractivity contribution in [3.63, 3.8) is 0 Å². The van der Waals surface area contributed by atoms with Crippen LogP contribution in [0.25, 0.3) is 55.9 Å². The van der Waals surface area contributed by atoms with Crippen molar-refractivity contribution >= 4 is 67.9 Å². The number of nitrogens with one attached hydrogen (secondary N) is 2. The predicted octanol–water partition coefficient (Wildman–Crippen LogP) is 12.0. The van der Waals surface area contributed by atoms with Crippen molar-refractivity contribution in [1.82, 2.24) is 86.0 Å². The molecule has 2 amide bonds. The zero-order valence-electron chi connectivity index (χ0n) is 73.4. The average molecular weight is 1830 g/mol. The molecule has 34 heteroatoms. The number of rotatable bonds is 25. The van der Waals surface area contributed by atoms with Crippen molar-refractivity contribution in [2.75, 3.05) is 14.2 Å². The fraction of sp³-hybridized carbons (Fsp3) is 0.170. The molecule has 0 atom stereocenters. The third kappa shape index (κ3) is 20.9. The summed E-state index contributed by atoms with van der Waals surface area (Å²) in [4.78, 5) is 149. The summed E-state index contributed by atoms with van der Waals surface area (Å²) in [6.45, 7) is 6.87. The molecule has 678 valence electrons. The highest BCUT2D eigenvalue weighted by Crippen LogP contribution is 2.27. The molecule has 10 aromatic carbocycles. The Labute approximate surface area is 765 Å². The molecule has 2 N–H and O–H groups in total. The highest BCUT2D eigenvalue weighted by molar-refractivity contribution is 6.31. The van der Waals surface area contributed by atoms with Gasteiger partial charge in [-0.25, -0.2) is 61.4 Å². The van der Waals surface area contributed by atoms with Crippen molar-refractivity contribution in [2.45, 2.75) is 92.1 Å². The van der Waals surface area contributed by atoms with Gasteiger partial charge in [0.25, 0.3) is 22.2 Å². The lowest BCUT2D eigenvalue weighted by Gasteiger charge is -2.15. The number of hydrogen-bond acceptors (Lipinski definition) is 17. The molecule has 18 rings (SSSR count). The number of para-hydroxylation sites is 2. The minimum atomic E-state index is -0.696. The number of ether oxygens (including phenoxy) is 2. The predicted molar refractivity (Wildman–Crippen MR) is 503 cm³/mol. The third-order valence-electron chi connectivity index (χ3n) is 22.1. The van der Waals surface area contributed by atoms with Gasteiger partial charge in [0.15, 0.2) is 39.0 Å². The number of hydrogen-bond donors (Lipinski definition) is 2. The van der Waals surface area contributed by atoms with Crippen LogP contribution in [0.1, 0.15) is 75.4 Å². The Balaban J connectivity index is 0.000000136. The van der Waals surface area contributed by atoms with E-state index < -0.39 is 62.5 Å². The first-order valence-electron chi connectivity index (χ1n) is 42.3. The van der Waals surface area contributed by atoms with Crippen LogP contribution in [0.2, 0.25) is 5.02 Å². The number of aromatic nitrogens is 16. The summed E-state index contributed by atoms with van der Waals surface area (Å²) < 4.78 is 65.3. The van der Waals surface area contributed by atoms with Gasteiger partial charge >= 0.3 is 22.8 Å². The summed E-state index contributed by atoms with van der Waals surface area (Å²) in [6.07, 6.45) is 7.37. The van der Waals surface area contributed by atoms with Crippen LogP contribution in [0.15, 0.2) is 324 Å². The molecule has 30 nitrogen and oxygen atoms in total. The number of fused-ring (bicyclic) bond motifs is 4. The SMILES string of the molecule is CC(C)c1ccc(-n2c(=O)n(Cc3ccc(F)cc3)c(=O)c3c2ncn3Cc2ccccc2Cl)cc1.COc1cccc(Cn2cnc3c2c(=O)n(Cc2ccccc2)c(=O)n3-c2ccccc2OC)c1.Cc1ccc(CNC(=O)Cn2c(=O)n(Cc3ccc(F)cc3)c(=O)c3nccnc32)cc1.Cn1cc2c(n1)c(=O)n(Cc1ccc(F)cc1)c(=O)n2CC(=O)NCc1ccccc1. The van der Waals surface area contributed by atoms with Crippen LogP contribution in [-0.2, 0) is 82.1 Å². The highest BCUT2D eigenvalue weighted by Gasteiger charge is 2.26. The summed E-state index contributed by atoms with van der Waals surface area (Å²) in [5.41, 5.74) is 6.70. The van der Waals surface area contributed by atoms with Gasteiger partial charge in [-0.05, 0) is 142 Å². The van der Waals surface area contributed by atoms with Crippen LogP contribution in [0.4, 0.5) is 13.2 Å². The van der Waals surface area contributed by atoms with Gasteiger partial charge in [-0.1, -0.05) is 207 Å². The topological polar surface area (TPSA) is 332 Å².